The predicted octanol–water partition coefficient (Wildman–Crippen LogP) is 2.73. The van der Waals surface area contributed by atoms with Gasteiger partial charge in [-0.15, -0.1) is 0 Å². The summed E-state index contributed by atoms with van der Waals surface area (Å²) >= 11 is 0. The van der Waals surface area contributed by atoms with E-state index in [1.54, 1.807) is 19.0 Å². The van der Waals surface area contributed by atoms with Crippen molar-refractivity contribution in [1.29, 1.82) is 0 Å². The molecule has 0 aliphatic carbocycles. The maximum Gasteiger partial charge on any atom is 0.254 e. The zero-order valence-corrected chi connectivity index (χ0v) is 9.79. The van der Waals surface area contributed by atoms with Gasteiger partial charge in [0.1, 0.15) is 0 Å². The van der Waals surface area contributed by atoms with Crippen LogP contribution in [0, 0.1) is 6.92 Å². The van der Waals surface area contributed by atoms with Gasteiger partial charge in [0.25, 0.3) is 5.91 Å². The fourth-order valence-electron chi connectivity index (χ4n) is 1.53. The van der Waals surface area contributed by atoms with Gasteiger partial charge in [-0.3, -0.25) is 4.79 Å². The fraction of sp³-hybridized carbons (Fsp3) is 0.308. The topological polar surface area (TPSA) is 20.3 Å². The summed E-state index contributed by atoms with van der Waals surface area (Å²) < 4.78 is 0. The molecule has 0 saturated carbocycles. The van der Waals surface area contributed by atoms with Crippen LogP contribution in [0.1, 0.15) is 28.4 Å². The van der Waals surface area contributed by atoms with Gasteiger partial charge in [0.2, 0.25) is 0 Å². The van der Waals surface area contributed by atoms with E-state index < -0.39 is 0 Å². The van der Waals surface area contributed by atoms with Crippen molar-refractivity contribution in [2.24, 2.45) is 0 Å². The van der Waals surface area contributed by atoms with E-state index in [4.69, 9.17) is 0 Å². The lowest BCUT2D eigenvalue weighted by atomic mass is 9.97. The molecule has 0 fully saturated rings. The molecule has 1 amide bonds. The lowest BCUT2D eigenvalue weighted by Gasteiger charge is -2.16. The minimum absolute atomic E-state index is 0.0334. The van der Waals surface area contributed by atoms with Crippen molar-refractivity contribution >= 4 is 11.5 Å². The van der Waals surface area contributed by atoms with E-state index in [9.17, 15) is 4.79 Å². The SMILES string of the molecule is C=C(C)c1cccc(C)c1C(=O)N(C)C. The second-order valence-corrected chi connectivity index (χ2v) is 3.98. The molecule has 0 unspecified atom stereocenters. The maximum absolute atomic E-state index is 12.0. The number of aryl methyl sites for hydroxylation is 1. The van der Waals surface area contributed by atoms with Crippen LogP contribution >= 0.6 is 0 Å². The van der Waals surface area contributed by atoms with Crippen molar-refractivity contribution in [2.45, 2.75) is 13.8 Å². The summed E-state index contributed by atoms with van der Waals surface area (Å²) in [5, 5.41) is 0. The Balaban J connectivity index is 3.37. The summed E-state index contributed by atoms with van der Waals surface area (Å²) in [5.41, 5.74) is 3.61. The highest BCUT2D eigenvalue weighted by Gasteiger charge is 2.15. The largest absolute Gasteiger partial charge is 0.345 e. The van der Waals surface area contributed by atoms with Crippen LogP contribution in [0.3, 0.4) is 0 Å². The lowest BCUT2D eigenvalue weighted by molar-refractivity contribution is 0.0826. The minimum Gasteiger partial charge on any atom is -0.345 e. The minimum atomic E-state index is 0.0334. The van der Waals surface area contributed by atoms with E-state index in [0.717, 1.165) is 22.3 Å². The number of allylic oxidation sites excluding steroid dienone is 1. The molecule has 0 aromatic heterocycles. The van der Waals surface area contributed by atoms with Crippen molar-refractivity contribution in [2.75, 3.05) is 14.1 Å². The van der Waals surface area contributed by atoms with Gasteiger partial charge < -0.3 is 4.90 Å². The molecule has 0 radical (unpaired) electrons. The molecule has 0 bridgehead atoms. The van der Waals surface area contributed by atoms with E-state index in [-0.39, 0.29) is 5.91 Å². The van der Waals surface area contributed by atoms with E-state index in [2.05, 4.69) is 6.58 Å². The normalized spacial score (nSPS) is 9.87. The van der Waals surface area contributed by atoms with Crippen molar-refractivity contribution in [3.8, 4) is 0 Å². The standard InChI is InChI=1S/C13H17NO/c1-9(2)11-8-6-7-10(3)12(11)13(15)14(4)5/h6-8H,1H2,2-5H3. The van der Waals surface area contributed by atoms with Crippen LogP contribution in [0.5, 0.6) is 0 Å². The highest BCUT2D eigenvalue weighted by molar-refractivity contribution is 6.00. The van der Waals surface area contributed by atoms with Crippen LogP contribution in [0.15, 0.2) is 24.8 Å². The van der Waals surface area contributed by atoms with Gasteiger partial charge in [-0.2, -0.15) is 0 Å². The molecule has 80 valence electrons. The molecule has 1 aromatic rings. The second-order valence-electron chi connectivity index (χ2n) is 3.98. The van der Waals surface area contributed by atoms with Gasteiger partial charge in [0, 0.05) is 19.7 Å². The van der Waals surface area contributed by atoms with Crippen molar-refractivity contribution in [3.05, 3.63) is 41.5 Å². The number of rotatable bonds is 2. The van der Waals surface area contributed by atoms with Crippen LogP contribution in [0.25, 0.3) is 5.57 Å². The van der Waals surface area contributed by atoms with Gasteiger partial charge in [0.05, 0.1) is 0 Å². The Morgan fingerprint density at radius 3 is 2.40 bits per heavy atom. The smallest absolute Gasteiger partial charge is 0.254 e. The number of carbonyl (C=O) groups excluding carboxylic acids is 1. The first-order valence-electron chi connectivity index (χ1n) is 4.92. The van der Waals surface area contributed by atoms with Crippen LogP contribution in [-0.4, -0.2) is 24.9 Å². The highest BCUT2D eigenvalue weighted by atomic mass is 16.2. The molecule has 0 aliphatic heterocycles. The molecular weight excluding hydrogens is 186 g/mol. The number of benzene rings is 1. The quantitative estimate of drug-likeness (QED) is 0.723. The molecular formula is C13H17NO. The highest BCUT2D eigenvalue weighted by Crippen LogP contribution is 2.21. The molecule has 2 heteroatoms. The number of nitrogens with zero attached hydrogens (tertiary/aromatic N) is 1. The Labute approximate surface area is 91.2 Å². The third kappa shape index (κ3) is 2.27. The van der Waals surface area contributed by atoms with Crippen molar-refractivity contribution < 1.29 is 4.79 Å². The zero-order chi connectivity index (χ0) is 11.6. The van der Waals surface area contributed by atoms with Gasteiger partial charge >= 0.3 is 0 Å². The third-order valence-electron chi connectivity index (χ3n) is 2.35. The molecule has 2 nitrogen and oxygen atoms in total. The first kappa shape index (κ1) is 11.5. The molecule has 1 rings (SSSR count). The summed E-state index contributed by atoms with van der Waals surface area (Å²) in [6.45, 7) is 7.76. The first-order chi connectivity index (χ1) is 6.95. The molecule has 0 heterocycles. The average molecular weight is 203 g/mol. The molecule has 0 saturated heterocycles. The Kier molecular flexibility index (Phi) is 3.30. The van der Waals surface area contributed by atoms with Gasteiger partial charge in [-0.25, -0.2) is 0 Å². The van der Waals surface area contributed by atoms with Crippen LogP contribution in [0.4, 0.5) is 0 Å². The van der Waals surface area contributed by atoms with Crippen LogP contribution in [-0.2, 0) is 0 Å². The van der Waals surface area contributed by atoms with E-state index in [1.807, 2.05) is 32.0 Å². The summed E-state index contributed by atoms with van der Waals surface area (Å²) in [6, 6.07) is 5.83. The predicted molar refractivity (Wildman–Crippen MR) is 63.9 cm³/mol. The van der Waals surface area contributed by atoms with Gasteiger partial charge in [0.15, 0.2) is 0 Å². The molecule has 0 aliphatic rings. The summed E-state index contributed by atoms with van der Waals surface area (Å²) in [4.78, 5) is 13.6. The van der Waals surface area contributed by atoms with E-state index >= 15 is 0 Å². The number of amides is 1. The average Bonchev–Trinajstić information content (AvgIpc) is 2.16. The van der Waals surface area contributed by atoms with Crippen LogP contribution < -0.4 is 0 Å². The Morgan fingerprint density at radius 2 is 1.93 bits per heavy atom. The maximum atomic E-state index is 12.0. The monoisotopic (exact) mass is 203 g/mol. The fourth-order valence-corrected chi connectivity index (χ4v) is 1.53. The number of hydrogen-bond donors (Lipinski definition) is 0. The van der Waals surface area contributed by atoms with Gasteiger partial charge in [-0.05, 0) is 25.0 Å². The molecule has 1 aromatic carbocycles. The van der Waals surface area contributed by atoms with Crippen molar-refractivity contribution in [1.82, 2.24) is 4.90 Å². The van der Waals surface area contributed by atoms with Gasteiger partial charge in [-0.1, -0.05) is 30.4 Å². The molecule has 15 heavy (non-hydrogen) atoms. The Hall–Kier alpha value is -1.57. The molecule has 0 N–H and O–H groups in total. The molecule has 0 spiro atoms. The second kappa shape index (κ2) is 4.30. The Bertz CT molecular complexity index is 405. The summed E-state index contributed by atoms with van der Waals surface area (Å²) in [7, 11) is 3.52. The van der Waals surface area contributed by atoms with E-state index in [1.165, 1.54) is 0 Å². The number of hydrogen-bond acceptors (Lipinski definition) is 1. The third-order valence-corrected chi connectivity index (χ3v) is 2.35. The zero-order valence-electron chi connectivity index (χ0n) is 9.79. The lowest BCUT2D eigenvalue weighted by Crippen LogP contribution is -2.23. The Morgan fingerprint density at radius 1 is 1.33 bits per heavy atom. The van der Waals surface area contributed by atoms with Crippen LogP contribution in [0.2, 0.25) is 0 Å². The molecule has 0 atom stereocenters. The van der Waals surface area contributed by atoms with E-state index in [0.29, 0.717) is 0 Å². The number of carbonyl (C=O) groups is 1. The summed E-state index contributed by atoms with van der Waals surface area (Å²) in [6.07, 6.45) is 0. The summed E-state index contributed by atoms with van der Waals surface area (Å²) in [5.74, 6) is 0.0334. The first-order valence-corrected chi connectivity index (χ1v) is 4.92. The van der Waals surface area contributed by atoms with Crippen molar-refractivity contribution in [3.63, 3.8) is 0 Å².